The van der Waals surface area contributed by atoms with E-state index >= 15 is 0 Å². The van der Waals surface area contributed by atoms with Crippen LogP contribution in [-0.2, 0) is 4.74 Å². The SMILES string of the molecule is CCOC(=O)c1ccc(-c2ccc(C=C(C#N)c3nc(-c4cccs4)c(NC(=O)c4ccccc4)s3)o2)cc1. The molecule has 39 heavy (non-hydrogen) atoms. The Morgan fingerprint density at radius 1 is 1.03 bits per heavy atom. The zero-order chi connectivity index (χ0) is 27.2. The summed E-state index contributed by atoms with van der Waals surface area (Å²) in [5.41, 5.74) is 2.67. The summed E-state index contributed by atoms with van der Waals surface area (Å²) >= 11 is 2.73. The van der Waals surface area contributed by atoms with E-state index in [-0.39, 0.29) is 11.9 Å². The zero-order valence-electron chi connectivity index (χ0n) is 20.7. The van der Waals surface area contributed by atoms with Crippen molar-refractivity contribution < 1.29 is 18.7 Å². The number of aromatic nitrogens is 1. The summed E-state index contributed by atoms with van der Waals surface area (Å²) in [6.07, 6.45) is 1.62. The van der Waals surface area contributed by atoms with Gasteiger partial charge in [0.05, 0.1) is 22.6 Å². The van der Waals surface area contributed by atoms with Gasteiger partial charge < -0.3 is 14.5 Å². The first-order valence-corrected chi connectivity index (χ1v) is 13.7. The minimum atomic E-state index is -0.379. The lowest BCUT2D eigenvalue weighted by Gasteiger charge is -2.04. The summed E-state index contributed by atoms with van der Waals surface area (Å²) in [6.45, 7) is 2.07. The molecule has 0 saturated heterocycles. The Morgan fingerprint density at radius 3 is 2.51 bits per heavy atom. The average Bonchev–Trinajstić information content (AvgIpc) is 3.74. The number of hydrogen-bond acceptors (Lipinski definition) is 8. The second-order valence-electron chi connectivity index (χ2n) is 8.16. The molecule has 5 rings (SSSR count). The molecule has 0 bridgehead atoms. The lowest BCUT2D eigenvalue weighted by Crippen LogP contribution is -2.11. The Labute approximate surface area is 232 Å². The predicted octanol–water partition coefficient (Wildman–Crippen LogP) is 7.62. The molecule has 1 N–H and O–H groups in total. The number of thiophene rings is 1. The molecule has 0 spiro atoms. The molecule has 1 amide bonds. The maximum atomic E-state index is 12.9. The van der Waals surface area contributed by atoms with Crippen LogP contribution in [0.3, 0.4) is 0 Å². The number of nitriles is 1. The lowest BCUT2D eigenvalue weighted by molar-refractivity contribution is 0.0526. The summed E-state index contributed by atoms with van der Waals surface area (Å²) in [4.78, 5) is 30.4. The lowest BCUT2D eigenvalue weighted by atomic mass is 10.1. The van der Waals surface area contributed by atoms with E-state index in [2.05, 4.69) is 11.4 Å². The molecule has 0 atom stereocenters. The molecule has 5 aromatic rings. The minimum absolute atomic E-state index is 0.254. The van der Waals surface area contributed by atoms with Crippen LogP contribution in [0.25, 0.3) is 33.5 Å². The molecule has 0 radical (unpaired) electrons. The van der Waals surface area contributed by atoms with E-state index in [0.717, 1.165) is 10.4 Å². The van der Waals surface area contributed by atoms with E-state index in [4.69, 9.17) is 14.1 Å². The molecular weight excluding hydrogens is 530 g/mol. The predicted molar refractivity (Wildman–Crippen MR) is 153 cm³/mol. The topological polar surface area (TPSA) is 105 Å². The number of nitrogens with one attached hydrogen (secondary N) is 1. The number of hydrogen-bond donors (Lipinski definition) is 1. The van der Waals surface area contributed by atoms with Crippen LogP contribution in [0.2, 0.25) is 0 Å². The van der Waals surface area contributed by atoms with E-state index in [1.807, 2.05) is 23.6 Å². The first-order chi connectivity index (χ1) is 19.1. The number of esters is 1. The molecule has 0 saturated carbocycles. The van der Waals surface area contributed by atoms with Gasteiger partial charge in [0, 0.05) is 17.2 Å². The van der Waals surface area contributed by atoms with E-state index in [1.54, 1.807) is 73.7 Å². The zero-order valence-corrected chi connectivity index (χ0v) is 22.3. The Morgan fingerprint density at radius 2 is 1.82 bits per heavy atom. The first kappa shape index (κ1) is 25.9. The van der Waals surface area contributed by atoms with Gasteiger partial charge in [0.2, 0.25) is 0 Å². The summed E-state index contributed by atoms with van der Waals surface area (Å²) in [5.74, 6) is 0.424. The Balaban J connectivity index is 1.42. The molecule has 3 aromatic heterocycles. The third-order valence-corrected chi connectivity index (χ3v) is 7.47. The van der Waals surface area contributed by atoms with E-state index in [1.165, 1.54) is 22.7 Å². The Hall–Kier alpha value is -4.78. The van der Waals surface area contributed by atoms with Crippen molar-refractivity contribution in [3.05, 3.63) is 106 Å². The van der Waals surface area contributed by atoms with Crippen LogP contribution >= 0.6 is 22.7 Å². The second-order valence-corrected chi connectivity index (χ2v) is 10.1. The number of rotatable bonds is 8. The molecule has 3 heterocycles. The van der Waals surface area contributed by atoms with Crippen LogP contribution in [-0.4, -0.2) is 23.5 Å². The number of thiazole rings is 1. The number of carbonyl (C=O) groups is 2. The van der Waals surface area contributed by atoms with Gasteiger partial charge in [-0.3, -0.25) is 4.79 Å². The summed E-state index contributed by atoms with van der Waals surface area (Å²) in [6, 6.07) is 25.4. The smallest absolute Gasteiger partial charge is 0.338 e. The quantitative estimate of drug-likeness (QED) is 0.157. The molecule has 0 fully saturated rings. The summed E-state index contributed by atoms with van der Waals surface area (Å²) in [7, 11) is 0. The van der Waals surface area contributed by atoms with Crippen LogP contribution < -0.4 is 5.32 Å². The number of benzene rings is 2. The van der Waals surface area contributed by atoms with Crippen LogP contribution in [0, 0.1) is 11.3 Å². The van der Waals surface area contributed by atoms with Gasteiger partial charge in [0.15, 0.2) is 0 Å². The number of furan rings is 1. The van der Waals surface area contributed by atoms with Crippen molar-refractivity contribution in [3.8, 4) is 28.0 Å². The van der Waals surface area contributed by atoms with Gasteiger partial charge in [0.1, 0.15) is 33.3 Å². The Bertz CT molecular complexity index is 1680. The highest BCUT2D eigenvalue weighted by atomic mass is 32.1. The van der Waals surface area contributed by atoms with Gasteiger partial charge in [0.25, 0.3) is 5.91 Å². The normalized spacial score (nSPS) is 11.1. The van der Waals surface area contributed by atoms with Gasteiger partial charge in [-0.1, -0.05) is 47.7 Å². The van der Waals surface area contributed by atoms with Crippen LogP contribution in [0.5, 0.6) is 0 Å². The second kappa shape index (κ2) is 11.7. The van der Waals surface area contributed by atoms with E-state index < -0.39 is 0 Å². The van der Waals surface area contributed by atoms with Gasteiger partial charge in [-0.2, -0.15) is 5.26 Å². The van der Waals surface area contributed by atoms with Crippen molar-refractivity contribution in [2.45, 2.75) is 6.92 Å². The number of anilines is 1. The first-order valence-electron chi connectivity index (χ1n) is 12.0. The highest BCUT2D eigenvalue weighted by molar-refractivity contribution is 7.19. The standard InChI is InChI=1S/C30H21N3O4S2/c1-2-36-30(35)21-12-10-19(11-13-21)24-15-14-23(37-24)17-22(18-31)28-32-26(25-9-6-16-38-25)29(39-28)33-27(34)20-7-4-3-5-8-20/h3-17H,2H2,1H3,(H,33,34). The third kappa shape index (κ3) is 5.88. The van der Waals surface area contributed by atoms with Crippen LogP contribution in [0.4, 0.5) is 5.00 Å². The molecule has 0 aliphatic heterocycles. The molecule has 0 unspecified atom stereocenters. The maximum Gasteiger partial charge on any atom is 0.338 e. The van der Waals surface area contributed by atoms with Crippen LogP contribution in [0.1, 0.15) is 38.4 Å². The van der Waals surface area contributed by atoms with Gasteiger partial charge >= 0.3 is 5.97 Å². The number of allylic oxidation sites excluding steroid dienone is 1. The van der Waals surface area contributed by atoms with Crippen molar-refractivity contribution in [3.63, 3.8) is 0 Å². The van der Waals surface area contributed by atoms with Gasteiger partial charge in [-0.15, -0.1) is 11.3 Å². The van der Waals surface area contributed by atoms with Crippen molar-refractivity contribution in [1.29, 1.82) is 5.26 Å². The number of amides is 1. The average molecular weight is 552 g/mol. The number of carbonyl (C=O) groups excluding carboxylic acids is 2. The van der Waals surface area contributed by atoms with Gasteiger partial charge in [-0.25, -0.2) is 9.78 Å². The summed E-state index contributed by atoms with van der Waals surface area (Å²) < 4.78 is 11.0. The van der Waals surface area contributed by atoms with Crippen LogP contribution in [0.15, 0.2) is 88.7 Å². The van der Waals surface area contributed by atoms with Crippen molar-refractivity contribution >= 4 is 51.2 Å². The molecule has 7 nitrogen and oxygen atoms in total. The van der Waals surface area contributed by atoms with Crippen molar-refractivity contribution in [2.24, 2.45) is 0 Å². The monoisotopic (exact) mass is 551 g/mol. The highest BCUT2D eigenvalue weighted by Gasteiger charge is 2.20. The fourth-order valence-electron chi connectivity index (χ4n) is 3.72. The van der Waals surface area contributed by atoms with E-state index in [9.17, 15) is 14.9 Å². The minimum Gasteiger partial charge on any atom is -0.462 e. The fraction of sp³-hybridized carbons (Fsp3) is 0.0667. The van der Waals surface area contributed by atoms with E-state index in [0.29, 0.717) is 50.5 Å². The van der Waals surface area contributed by atoms with Gasteiger partial charge in [-0.05, 0) is 54.8 Å². The maximum absolute atomic E-state index is 12.9. The molecule has 0 aliphatic rings. The van der Waals surface area contributed by atoms with Crippen molar-refractivity contribution in [2.75, 3.05) is 11.9 Å². The third-order valence-electron chi connectivity index (χ3n) is 5.59. The molecular formula is C30H21N3O4S2. The van der Waals surface area contributed by atoms with Crippen molar-refractivity contribution in [1.82, 2.24) is 4.98 Å². The molecule has 192 valence electrons. The number of nitrogens with zero attached hydrogens (tertiary/aromatic N) is 2. The largest absolute Gasteiger partial charge is 0.462 e. The fourth-order valence-corrected chi connectivity index (χ4v) is 5.45. The molecule has 9 heteroatoms. The molecule has 0 aliphatic carbocycles. The number of ether oxygens (including phenoxy) is 1. The highest BCUT2D eigenvalue weighted by Crippen LogP contribution is 2.39. The Kier molecular flexibility index (Phi) is 7.78. The summed E-state index contributed by atoms with van der Waals surface area (Å²) in [5, 5.41) is 15.9. The molecule has 2 aromatic carbocycles.